The Balaban J connectivity index is 1.84. The van der Waals surface area contributed by atoms with Gasteiger partial charge in [-0.05, 0) is 31.9 Å². The van der Waals surface area contributed by atoms with Gasteiger partial charge in [0.05, 0.1) is 24.8 Å². The summed E-state index contributed by atoms with van der Waals surface area (Å²) in [6, 6.07) is 4.85. The van der Waals surface area contributed by atoms with E-state index in [-0.39, 0.29) is 17.4 Å². The first kappa shape index (κ1) is 16.5. The van der Waals surface area contributed by atoms with E-state index in [9.17, 15) is 9.59 Å². The molecule has 1 unspecified atom stereocenters. The molecule has 3 rings (SSSR count). The van der Waals surface area contributed by atoms with E-state index >= 15 is 0 Å². The molecule has 2 aliphatic rings. The third-order valence-electron chi connectivity index (χ3n) is 4.32. The number of carbonyl (C=O) groups is 2. The smallest absolute Gasteiger partial charge is 0.274 e. The molecule has 0 saturated carbocycles. The molecule has 1 atom stereocenters. The van der Waals surface area contributed by atoms with E-state index in [1.807, 2.05) is 6.92 Å². The van der Waals surface area contributed by atoms with Crippen molar-refractivity contribution >= 4 is 11.8 Å². The lowest BCUT2D eigenvalue weighted by atomic mass is 10.00. The van der Waals surface area contributed by atoms with Crippen LogP contribution in [-0.4, -0.2) is 35.1 Å². The molecule has 2 N–H and O–H groups in total. The average molecular weight is 332 g/mol. The van der Waals surface area contributed by atoms with Crippen molar-refractivity contribution in [1.29, 1.82) is 0 Å². The summed E-state index contributed by atoms with van der Waals surface area (Å²) in [4.78, 5) is 26.0. The maximum Gasteiger partial charge on any atom is 0.274 e. The number of nitrogens with zero attached hydrogens (tertiary/aromatic N) is 1. The van der Waals surface area contributed by atoms with Crippen molar-refractivity contribution in [1.82, 2.24) is 10.4 Å². The number of nitrogens with one attached hydrogen (secondary N) is 1. The summed E-state index contributed by atoms with van der Waals surface area (Å²) < 4.78 is 11.0. The number of hydrogen-bond acceptors (Lipinski definition) is 5. The molecular formula is C17H20N2O5. The molecule has 24 heavy (non-hydrogen) atoms. The number of hydroxylamine groups is 1. The molecule has 7 heteroatoms. The van der Waals surface area contributed by atoms with Crippen LogP contribution in [0.25, 0.3) is 0 Å². The number of allylic oxidation sites excluding steroid dienone is 1. The molecule has 1 aromatic carbocycles. The molecule has 1 fully saturated rings. The molecule has 1 aromatic rings. The zero-order chi connectivity index (χ0) is 17.1. The highest BCUT2D eigenvalue weighted by atomic mass is 16.5. The van der Waals surface area contributed by atoms with Gasteiger partial charge in [-0.1, -0.05) is 6.07 Å². The molecule has 2 amide bonds. The van der Waals surface area contributed by atoms with Crippen molar-refractivity contribution in [3.05, 3.63) is 41.3 Å². The van der Waals surface area contributed by atoms with Gasteiger partial charge in [-0.15, -0.1) is 0 Å². The normalized spacial score (nSPS) is 20.3. The Hall–Kier alpha value is -2.38. The largest absolute Gasteiger partial charge is 0.463 e. The van der Waals surface area contributed by atoms with Gasteiger partial charge in [0.2, 0.25) is 5.91 Å². The number of benzene rings is 1. The summed E-state index contributed by atoms with van der Waals surface area (Å²) >= 11 is 0. The molecule has 0 bridgehead atoms. The average Bonchev–Trinajstić information content (AvgIpc) is 2.80. The Morgan fingerprint density at radius 2 is 2.21 bits per heavy atom. The predicted octanol–water partition coefficient (Wildman–Crippen LogP) is 1.81. The van der Waals surface area contributed by atoms with Crippen molar-refractivity contribution < 1.29 is 24.3 Å². The fourth-order valence-electron chi connectivity index (χ4n) is 2.92. The lowest BCUT2D eigenvalue weighted by Gasteiger charge is -2.28. The first-order valence-corrected chi connectivity index (χ1v) is 7.90. The number of rotatable bonds is 2. The summed E-state index contributed by atoms with van der Waals surface area (Å²) in [5.74, 6) is -0.232. The van der Waals surface area contributed by atoms with E-state index in [0.717, 1.165) is 18.4 Å². The van der Waals surface area contributed by atoms with Gasteiger partial charge in [0.25, 0.3) is 5.91 Å². The molecule has 0 aromatic heterocycles. The van der Waals surface area contributed by atoms with Gasteiger partial charge < -0.3 is 14.4 Å². The molecule has 0 spiro atoms. The Morgan fingerprint density at radius 3 is 2.92 bits per heavy atom. The minimum absolute atomic E-state index is 0.0251. The maximum absolute atomic E-state index is 12.8. The van der Waals surface area contributed by atoms with Crippen molar-refractivity contribution in [2.24, 2.45) is 5.92 Å². The second-order valence-corrected chi connectivity index (χ2v) is 5.98. The lowest BCUT2D eigenvalue weighted by molar-refractivity contribution is -0.138. The van der Waals surface area contributed by atoms with Crippen LogP contribution in [-0.2, 0) is 16.1 Å². The molecule has 1 saturated heterocycles. The van der Waals surface area contributed by atoms with Crippen LogP contribution in [0.3, 0.4) is 0 Å². The molecular weight excluding hydrogens is 312 g/mol. The second kappa shape index (κ2) is 7.02. The van der Waals surface area contributed by atoms with Gasteiger partial charge >= 0.3 is 0 Å². The van der Waals surface area contributed by atoms with Crippen LogP contribution in [0.5, 0.6) is 5.75 Å². The van der Waals surface area contributed by atoms with Crippen molar-refractivity contribution in [3.63, 3.8) is 0 Å². The van der Waals surface area contributed by atoms with E-state index in [2.05, 4.69) is 0 Å². The van der Waals surface area contributed by atoms with Crippen LogP contribution in [0.4, 0.5) is 0 Å². The zero-order valence-corrected chi connectivity index (χ0v) is 13.4. The molecule has 0 radical (unpaired) electrons. The van der Waals surface area contributed by atoms with Crippen LogP contribution >= 0.6 is 0 Å². The molecule has 7 nitrogen and oxygen atoms in total. The van der Waals surface area contributed by atoms with Crippen LogP contribution in [0.2, 0.25) is 0 Å². The number of carbonyl (C=O) groups excluding carboxylic acids is 2. The van der Waals surface area contributed by atoms with E-state index in [0.29, 0.717) is 31.2 Å². The van der Waals surface area contributed by atoms with Gasteiger partial charge in [-0.2, -0.15) is 0 Å². The third kappa shape index (κ3) is 3.27. The van der Waals surface area contributed by atoms with Crippen LogP contribution < -0.4 is 10.2 Å². The van der Waals surface area contributed by atoms with Crippen LogP contribution in [0.1, 0.15) is 35.7 Å². The third-order valence-corrected chi connectivity index (χ3v) is 4.32. The highest BCUT2D eigenvalue weighted by Crippen LogP contribution is 2.29. The first-order valence-electron chi connectivity index (χ1n) is 7.90. The highest BCUT2D eigenvalue weighted by Gasteiger charge is 2.29. The van der Waals surface area contributed by atoms with E-state index < -0.39 is 5.91 Å². The summed E-state index contributed by atoms with van der Waals surface area (Å²) in [6.45, 7) is 3.34. The van der Waals surface area contributed by atoms with Crippen molar-refractivity contribution in [2.45, 2.75) is 26.3 Å². The zero-order valence-electron chi connectivity index (χ0n) is 13.4. The van der Waals surface area contributed by atoms with E-state index in [1.54, 1.807) is 28.6 Å². The van der Waals surface area contributed by atoms with E-state index in [1.165, 1.54) is 6.26 Å². The predicted molar refractivity (Wildman–Crippen MR) is 84.2 cm³/mol. The molecule has 128 valence electrons. The SMILES string of the molecule is CC1=COc2cc(C(=O)NO)ccc2CN1C(=O)C1CCCOC1. The quantitative estimate of drug-likeness (QED) is 0.637. The maximum atomic E-state index is 12.8. The summed E-state index contributed by atoms with van der Waals surface area (Å²) in [5, 5.41) is 8.73. The first-order chi connectivity index (χ1) is 11.6. The highest BCUT2D eigenvalue weighted by molar-refractivity contribution is 5.93. The van der Waals surface area contributed by atoms with Gasteiger partial charge in [-0.3, -0.25) is 14.8 Å². The summed E-state index contributed by atoms with van der Waals surface area (Å²) in [7, 11) is 0. The molecule has 2 aliphatic heterocycles. The van der Waals surface area contributed by atoms with Crippen LogP contribution in [0.15, 0.2) is 30.2 Å². The fourth-order valence-corrected chi connectivity index (χ4v) is 2.92. The number of hydrogen-bond donors (Lipinski definition) is 2. The molecule has 2 heterocycles. The molecule has 0 aliphatic carbocycles. The lowest BCUT2D eigenvalue weighted by Crippen LogP contribution is -2.37. The Bertz CT molecular complexity index is 680. The minimum atomic E-state index is -0.612. The van der Waals surface area contributed by atoms with Gasteiger partial charge in [0, 0.05) is 17.7 Å². The number of ether oxygens (including phenoxy) is 2. The Morgan fingerprint density at radius 1 is 1.38 bits per heavy atom. The Kier molecular flexibility index (Phi) is 4.82. The van der Waals surface area contributed by atoms with Crippen molar-refractivity contribution in [3.8, 4) is 5.75 Å². The number of fused-ring (bicyclic) bond motifs is 1. The number of amides is 2. The second-order valence-electron chi connectivity index (χ2n) is 5.98. The monoisotopic (exact) mass is 332 g/mol. The standard InChI is InChI=1S/C17H20N2O5/c1-11-9-24-15-7-12(16(20)18-22)4-5-13(15)8-19(11)17(21)14-3-2-6-23-10-14/h4-5,7,9,14,22H,2-3,6,8,10H2,1H3,(H,18,20). The van der Waals surface area contributed by atoms with E-state index in [4.69, 9.17) is 14.7 Å². The fraction of sp³-hybridized carbons (Fsp3) is 0.412. The summed E-state index contributed by atoms with van der Waals surface area (Å²) in [6.07, 6.45) is 3.22. The minimum Gasteiger partial charge on any atom is -0.463 e. The van der Waals surface area contributed by atoms with Crippen molar-refractivity contribution in [2.75, 3.05) is 13.2 Å². The Labute approximate surface area is 139 Å². The van der Waals surface area contributed by atoms with Gasteiger partial charge in [-0.25, -0.2) is 5.48 Å². The topological polar surface area (TPSA) is 88.1 Å². The summed E-state index contributed by atoms with van der Waals surface area (Å²) in [5.41, 5.74) is 3.37. The van der Waals surface area contributed by atoms with Crippen LogP contribution in [0, 0.1) is 5.92 Å². The van der Waals surface area contributed by atoms with Gasteiger partial charge in [0.1, 0.15) is 12.0 Å². The van der Waals surface area contributed by atoms with Gasteiger partial charge in [0.15, 0.2) is 0 Å².